The largest absolute Gasteiger partial charge is 0.336 e. The van der Waals surface area contributed by atoms with Crippen LogP contribution in [0.1, 0.15) is 33.3 Å². The summed E-state index contributed by atoms with van der Waals surface area (Å²) in [5.41, 5.74) is 1.18. The predicted molar refractivity (Wildman–Crippen MR) is 79.8 cm³/mol. The molecule has 0 aliphatic carbocycles. The predicted octanol–water partition coefficient (Wildman–Crippen LogP) is 2.67. The molecule has 0 radical (unpaired) electrons. The van der Waals surface area contributed by atoms with E-state index in [0.717, 1.165) is 13.1 Å². The highest BCUT2D eigenvalue weighted by Crippen LogP contribution is 2.12. The van der Waals surface area contributed by atoms with Crippen molar-refractivity contribution >= 4 is 5.91 Å². The second-order valence-corrected chi connectivity index (χ2v) is 5.25. The molecule has 0 fully saturated rings. The summed E-state index contributed by atoms with van der Waals surface area (Å²) in [7, 11) is 0. The van der Waals surface area contributed by atoms with Gasteiger partial charge in [0.05, 0.1) is 0 Å². The van der Waals surface area contributed by atoms with Gasteiger partial charge >= 0.3 is 0 Å². The average molecular weight is 262 g/mol. The molecule has 0 heterocycles. The van der Waals surface area contributed by atoms with Crippen LogP contribution in [0.2, 0.25) is 0 Å². The molecule has 0 saturated heterocycles. The minimum absolute atomic E-state index is 0.0195. The van der Waals surface area contributed by atoms with Crippen LogP contribution in [0, 0.1) is 5.92 Å². The van der Waals surface area contributed by atoms with E-state index in [1.54, 1.807) is 0 Å². The number of amides is 1. The second kappa shape index (κ2) is 7.95. The van der Waals surface area contributed by atoms with Crippen LogP contribution in [-0.4, -0.2) is 29.9 Å². The van der Waals surface area contributed by atoms with Crippen molar-refractivity contribution in [2.24, 2.45) is 5.92 Å². The van der Waals surface area contributed by atoms with Crippen molar-refractivity contribution in [3.05, 3.63) is 35.9 Å². The molecule has 1 atom stereocenters. The van der Waals surface area contributed by atoms with Gasteiger partial charge in [-0.25, -0.2) is 0 Å². The molecule has 0 aliphatic heterocycles. The highest BCUT2D eigenvalue weighted by Gasteiger charge is 2.22. The molecular formula is C16H26N2O. The average Bonchev–Trinajstić information content (AvgIpc) is 2.42. The molecule has 0 bridgehead atoms. The van der Waals surface area contributed by atoms with Gasteiger partial charge < -0.3 is 10.2 Å². The number of hydrogen-bond donors (Lipinski definition) is 1. The fraction of sp³-hybridized carbons (Fsp3) is 0.562. The number of carbonyl (C=O) groups excluding carboxylic acids is 1. The van der Waals surface area contributed by atoms with Crippen LogP contribution in [0.5, 0.6) is 0 Å². The van der Waals surface area contributed by atoms with Crippen molar-refractivity contribution in [1.29, 1.82) is 0 Å². The summed E-state index contributed by atoms with van der Waals surface area (Å²) in [6.07, 6.45) is 0. The number of rotatable bonds is 7. The van der Waals surface area contributed by atoms with Gasteiger partial charge in [0.15, 0.2) is 0 Å². The maximum absolute atomic E-state index is 12.5. The van der Waals surface area contributed by atoms with Gasteiger partial charge in [0, 0.05) is 25.0 Å². The van der Waals surface area contributed by atoms with Gasteiger partial charge in [-0.1, -0.05) is 44.2 Å². The van der Waals surface area contributed by atoms with Gasteiger partial charge in [-0.3, -0.25) is 4.79 Å². The Kier molecular flexibility index (Phi) is 6.57. The highest BCUT2D eigenvalue weighted by atomic mass is 16.2. The third-order valence-electron chi connectivity index (χ3n) is 3.22. The quantitative estimate of drug-likeness (QED) is 0.819. The van der Waals surface area contributed by atoms with E-state index in [1.807, 2.05) is 30.0 Å². The van der Waals surface area contributed by atoms with Crippen LogP contribution in [0.25, 0.3) is 0 Å². The number of benzene rings is 1. The van der Waals surface area contributed by atoms with Gasteiger partial charge in [-0.15, -0.1) is 0 Å². The van der Waals surface area contributed by atoms with Gasteiger partial charge in [0.25, 0.3) is 0 Å². The lowest BCUT2D eigenvalue weighted by molar-refractivity contribution is -0.137. The van der Waals surface area contributed by atoms with E-state index in [2.05, 4.69) is 38.2 Å². The normalized spacial score (nSPS) is 12.5. The number of nitrogens with zero attached hydrogens (tertiary/aromatic N) is 1. The zero-order valence-corrected chi connectivity index (χ0v) is 12.5. The molecule has 0 spiro atoms. The van der Waals surface area contributed by atoms with Crippen molar-refractivity contribution in [3.8, 4) is 0 Å². The van der Waals surface area contributed by atoms with Gasteiger partial charge in [-0.2, -0.15) is 0 Å². The molecule has 1 unspecified atom stereocenters. The SMILES string of the molecule is CCNCC(C)C(=O)N(Cc1ccccc1)C(C)C. The fourth-order valence-electron chi connectivity index (χ4n) is 2.03. The molecule has 3 nitrogen and oxygen atoms in total. The van der Waals surface area contributed by atoms with Crippen LogP contribution in [0.15, 0.2) is 30.3 Å². The standard InChI is InChI=1S/C16H26N2O/c1-5-17-11-14(4)16(19)18(13(2)3)12-15-9-7-6-8-10-15/h6-10,13-14,17H,5,11-12H2,1-4H3. The first-order chi connectivity index (χ1) is 9.06. The highest BCUT2D eigenvalue weighted by molar-refractivity contribution is 5.79. The Morgan fingerprint density at radius 1 is 1.21 bits per heavy atom. The van der Waals surface area contributed by atoms with Crippen molar-refractivity contribution in [2.75, 3.05) is 13.1 Å². The molecule has 1 amide bonds. The third-order valence-corrected chi connectivity index (χ3v) is 3.22. The van der Waals surface area contributed by atoms with Crippen molar-refractivity contribution < 1.29 is 4.79 Å². The summed E-state index contributed by atoms with van der Waals surface area (Å²) in [6, 6.07) is 10.4. The Morgan fingerprint density at radius 2 is 1.84 bits per heavy atom. The summed E-state index contributed by atoms with van der Waals surface area (Å²) in [5.74, 6) is 0.242. The van der Waals surface area contributed by atoms with Crippen LogP contribution in [-0.2, 0) is 11.3 Å². The Bertz CT molecular complexity index is 376. The zero-order valence-electron chi connectivity index (χ0n) is 12.5. The topological polar surface area (TPSA) is 32.3 Å². The molecule has 1 aromatic rings. The Morgan fingerprint density at radius 3 is 2.37 bits per heavy atom. The van der Waals surface area contributed by atoms with Crippen molar-refractivity contribution in [2.45, 2.75) is 40.3 Å². The van der Waals surface area contributed by atoms with Crippen LogP contribution in [0.3, 0.4) is 0 Å². The molecule has 1 rings (SSSR count). The van der Waals surface area contributed by atoms with E-state index >= 15 is 0 Å². The lowest BCUT2D eigenvalue weighted by Gasteiger charge is -2.29. The maximum Gasteiger partial charge on any atom is 0.227 e. The maximum atomic E-state index is 12.5. The number of nitrogens with one attached hydrogen (secondary N) is 1. The molecule has 1 N–H and O–H groups in total. The number of hydrogen-bond acceptors (Lipinski definition) is 2. The van der Waals surface area contributed by atoms with E-state index < -0.39 is 0 Å². The minimum atomic E-state index is 0.0195. The van der Waals surface area contributed by atoms with Crippen molar-refractivity contribution in [1.82, 2.24) is 10.2 Å². The molecular weight excluding hydrogens is 236 g/mol. The summed E-state index contributed by atoms with van der Waals surface area (Å²) >= 11 is 0. The van der Waals surface area contributed by atoms with Crippen molar-refractivity contribution in [3.63, 3.8) is 0 Å². The molecule has 0 saturated carbocycles. The monoisotopic (exact) mass is 262 g/mol. The van der Waals surface area contributed by atoms with E-state index in [1.165, 1.54) is 5.56 Å². The van der Waals surface area contributed by atoms with E-state index in [-0.39, 0.29) is 17.9 Å². The van der Waals surface area contributed by atoms with E-state index in [9.17, 15) is 4.79 Å². The van der Waals surface area contributed by atoms with Gasteiger partial charge in [0.1, 0.15) is 0 Å². The van der Waals surface area contributed by atoms with E-state index in [4.69, 9.17) is 0 Å². The van der Waals surface area contributed by atoms with Gasteiger partial charge in [-0.05, 0) is 26.0 Å². The summed E-state index contributed by atoms with van der Waals surface area (Å²) in [6.45, 7) is 10.5. The van der Waals surface area contributed by atoms with Crippen LogP contribution in [0.4, 0.5) is 0 Å². The second-order valence-electron chi connectivity index (χ2n) is 5.25. The summed E-state index contributed by atoms with van der Waals surface area (Å²) in [4.78, 5) is 14.4. The van der Waals surface area contributed by atoms with Crippen LogP contribution >= 0.6 is 0 Å². The summed E-state index contributed by atoms with van der Waals surface area (Å²) < 4.78 is 0. The molecule has 19 heavy (non-hydrogen) atoms. The molecule has 0 aromatic heterocycles. The summed E-state index contributed by atoms with van der Waals surface area (Å²) in [5, 5.41) is 3.24. The lowest BCUT2D eigenvalue weighted by atomic mass is 10.1. The van der Waals surface area contributed by atoms with Crippen LogP contribution < -0.4 is 5.32 Å². The Labute approximate surface area is 117 Å². The zero-order chi connectivity index (χ0) is 14.3. The third kappa shape index (κ3) is 5.03. The van der Waals surface area contributed by atoms with Gasteiger partial charge in [0.2, 0.25) is 5.91 Å². The smallest absolute Gasteiger partial charge is 0.227 e. The van der Waals surface area contributed by atoms with E-state index in [0.29, 0.717) is 6.54 Å². The Balaban J connectivity index is 2.69. The lowest BCUT2D eigenvalue weighted by Crippen LogP contribution is -2.42. The fourth-order valence-corrected chi connectivity index (χ4v) is 2.03. The Hall–Kier alpha value is -1.35. The molecule has 106 valence electrons. The molecule has 1 aromatic carbocycles. The first-order valence-corrected chi connectivity index (χ1v) is 7.11. The molecule has 3 heteroatoms. The molecule has 0 aliphatic rings. The first-order valence-electron chi connectivity index (χ1n) is 7.11. The first kappa shape index (κ1) is 15.7. The number of carbonyl (C=O) groups is 1. The minimum Gasteiger partial charge on any atom is -0.336 e.